The number of hydrogen-bond acceptors (Lipinski definition) is 3. The van der Waals surface area contributed by atoms with Gasteiger partial charge in [-0.15, -0.1) is 0 Å². The Labute approximate surface area is 114 Å². The molecule has 0 heterocycles. The summed E-state index contributed by atoms with van der Waals surface area (Å²) in [6.45, 7) is 1.56. The van der Waals surface area contributed by atoms with Crippen molar-refractivity contribution < 1.29 is 23.9 Å². The second-order valence-electron chi connectivity index (χ2n) is 4.12. The molecule has 0 aliphatic heterocycles. The number of anilines is 1. The fourth-order valence-corrected chi connectivity index (χ4v) is 1.40. The fourth-order valence-electron chi connectivity index (χ4n) is 1.40. The highest BCUT2D eigenvalue weighted by Gasteiger charge is 2.22. The third kappa shape index (κ3) is 4.56. The second kappa shape index (κ2) is 6.50. The number of rotatable bonds is 5. The Morgan fingerprint density at radius 2 is 2.05 bits per heavy atom. The summed E-state index contributed by atoms with van der Waals surface area (Å²) in [7, 11) is 0. The maximum Gasteiger partial charge on any atom is 0.326 e. The third-order valence-corrected chi connectivity index (χ3v) is 2.44. The van der Waals surface area contributed by atoms with Gasteiger partial charge in [-0.05, 0) is 24.6 Å². The van der Waals surface area contributed by atoms with Gasteiger partial charge in [-0.2, -0.15) is 0 Å². The highest BCUT2D eigenvalue weighted by molar-refractivity contribution is 5.93. The van der Waals surface area contributed by atoms with Crippen LogP contribution < -0.4 is 16.4 Å². The van der Waals surface area contributed by atoms with Crippen LogP contribution in [0, 0.1) is 12.7 Å². The predicted octanol–water partition coefficient (Wildman–Crippen LogP) is 0.584. The van der Waals surface area contributed by atoms with Crippen LogP contribution >= 0.6 is 0 Å². The number of carboxylic acids is 1. The van der Waals surface area contributed by atoms with Crippen molar-refractivity contribution in [2.24, 2.45) is 5.73 Å². The van der Waals surface area contributed by atoms with Gasteiger partial charge in [0.15, 0.2) is 0 Å². The van der Waals surface area contributed by atoms with Crippen LogP contribution in [0.2, 0.25) is 0 Å². The second-order valence-corrected chi connectivity index (χ2v) is 4.12. The Bertz CT molecular complexity index is 548. The van der Waals surface area contributed by atoms with E-state index < -0.39 is 36.2 Å². The van der Waals surface area contributed by atoms with Crippen molar-refractivity contribution in [2.45, 2.75) is 19.4 Å². The number of halogens is 1. The summed E-state index contributed by atoms with van der Waals surface area (Å²) < 4.78 is 13.3. The zero-order chi connectivity index (χ0) is 15.3. The van der Waals surface area contributed by atoms with Crippen LogP contribution in [0.5, 0.6) is 0 Å². The number of carbonyl (C=O) groups excluding carboxylic acids is 2. The van der Waals surface area contributed by atoms with E-state index in [1.54, 1.807) is 6.92 Å². The van der Waals surface area contributed by atoms with Crippen LogP contribution in [-0.2, 0) is 9.59 Å². The number of benzene rings is 1. The van der Waals surface area contributed by atoms with E-state index in [9.17, 15) is 18.8 Å². The van der Waals surface area contributed by atoms with Crippen LogP contribution in [0.15, 0.2) is 18.2 Å². The lowest BCUT2D eigenvalue weighted by atomic mass is 10.2. The summed E-state index contributed by atoms with van der Waals surface area (Å²) in [6, 6.07) is 1.70. The molecule has 1 atom stereocenters. The van der Waals surface area contributed by atoms with Crippen molar-refractivity contribution in [3.8, 4) is 0 Å². The molecule has 1 aromatic rings. The summed E-state index contributed by atoms with van der Waals surface area (Å²) in [5.74, 6) is -2.76. The van der Waals surface area contributed by atoms with Gasteiger partial charge in [0.05, 0.1) is 6.42 Å². The average molecular weight is 283 g/mol. The van der Waals surface area contributed by atoms with E-state index in [0.717, 1.165) is 6.07 Å². The van der Waals surface area contributed by atoms with Gasteiger partial charge in [-0.1, -0.05) is 6.07 Å². The monoisotopic (exact) mass is 283 g/mol. The maximum atomic E-state index is 13.3. The summed E-state index contributed by atoms with van der Waals surface area (Å²) in [5, 5.41) is 13.1. The van der Waals surface area contributed by atoms with Gasteiger partial charge in [0, 0.05) is 5.69 Å². The zero-order valence-electron chi connectivity index (χ0n) is 10.6. The molecule has 0 saturated heterocycles. The first kappa shape index (κ1) is 15.4. The SMILES string of the molecule is Cc1ccc(NC(=O)N[C@H](CC(N)=O)C(=O)O)cc1F. The van der Waals surface area contributed by atoms with E-state index in [1.807, 2.05) is 0 Å². The molecule has 0 aliphatic carbocycles. The fraction of sp³-hybridized carbons (Fsp3) is 0.250. The van der Waals surface area contributed by atoms with Gasteiger partial charge >= 0.3 is 12.0 Å². The van der Waals surface area contributed by atoms with E-state index in [2.05, 4.69) is 10.6 Å². The van der Waals surface area contributed by atoms with Crippen molar-refractivity contribution >= 4 is 23.6 Å². The van der Waals surface area contributed by atoms with Gasteiger partial charge in [-0.3, -0.25) is 4.79 Å². The molecule has 8 heteroatoms. The average Bonchev–Trinajstić information content (AvgIpc) is 2.32. The zero-order valence-corrected chi connectivity index (χ0v) is 10.6. The quantitative estimate of drug-likeness (QED) is 0.631. The first-order chi connectivity index (χ1) is 9.29. The number of nitrogens with two attached hydrogens (primary N) is 1. The number of carboxylic acid groups (broad SMARTS) is 1. The Morgan fingerprint density at radius 1 is 1.40 bits per heavy atom. The Hall–Kier alpha value is -2.64. The van der Waals surface area contributed by atoms with E-state index in [0.29, 0.717) is 5.56 Å². The van der Waals surface area contributed by atoms with Gasteiger partial charge in [0.1, 0.15) is 11.9 Å². The lowest BCUT2D eigenvalue weighted by Gasteiger charge is -2.13. The topological polar surface area (TPSA) is 122 Å². The Kier molecular flexibility index (Phi) is 5.01. The summed E-state index contributed by atoms with van der Waals surface area (Å²) in [6.07, 6.45) is -0.537. The number of urea groups is 1. The number of aryl methyl sites for hydroxylation is 1. The molecule has 20 heavy (non-hydrogen) atoms. The molecule has 0 aromatic heterocycles. The summed E-state index contributed by atoms with van der Waals surface area (Å²) in [4.78, 5) is 33.0. The Balaban J connectivity index is 2.67. The third-order valence-electron chi connectivity index (χ3n) is 2.44. The lowest BCUT2D eigenvalue weighted by Crippen LogP contribution is -2.45. The van der Waals surface area contributed by atoms with Gasteiger partial charge in [0.25, 0.3) is 0 Å². The number of nitrogens with one attached hydrogen (secondary N) is 2. The van der Waals surface area contributed by atoms with Gasteiger partial charge < -0.3 is 21.5 Å². The van der Waals surface area contributed by atoms with Crippen molar-refractivity contribution in [1.82, 2.24) is 5.32 Å². The minimum absolute atomic E-state index is 0.161. The summed E-state index contributed by atoms with van der Waals surface area (Å²) >= 11 is 0. The molecule has 0 saturated carbocycles. The summed E-state index contributed by atoms with van der Waals surface area (Å²) in [5.41, 5.74) is 5.44. The van der Waals surface area contributed by atoms with Crippen LogP contribution in [0.1, 0.15) is 12.0 Å². The molecule has 1 aromatic carbocycles. The molecule has 0 unspecified atom stereocenters. The molecule has 0 spiro atoms. The van der Waals surface area contributed by atoms with Crippen molar-refractivity contribution in [2.75, 3.05) is 5.32 Å². The molecule has 0 bridgehead atoms. The van der Waals surface area contributed by atoms with Crippen LogP contribution in [0.25, 0.3) is 0 Å². The number of hydrogen-bond donors (Lipinski definition) is 4. The lowest BCUT2D eigenvalue weighted by molar-refractivity contribution is -0.140. The van der Waals surface area contributed by atoms with Crippen molar-refractivity contribution in [3.05, 3.63) is 29.6 Å². The normalized spacial score (nSPS) is 11.5. The van der Waals surface area contributed by atoms with E-state index in [1.165, 1.54) is 12.1 Å². The maximum absolute atomic E-state index is 13.3. The largest absolute Gasteiger partial charge is 0.480 e. The molecular weight excluding hydrogens is 269 g/mol. The van der Waals surface area contributed by atoms with E-state index in [-0.39, 0.29) is 5.69 Å². The molecule has 3 amide bonds. The first-order valence-electron chi connectivity index (χ1n) is 5.64. The van der Waals surface area contributed by atoms with Gasteiger partial charge in [-0.25, -0.2) is 14.0 Å². The number of carbonyl (C=O) groups is 3. The molecule has 0 aliphatic rings. The number of aliphatic carboxylic acids is 1. The number of amides is 3. The van der Waals surface area contributed by atoms with Crippen LogP contribution in [0.3, 0.4) is 0 Å². The first-order valence-corrected chi connectivity index (χ1v) is 5.64. The molecule has 1 rings (SSSR count). The van der Waals surface area contributed by atoms with E-state index in [4.69, 9.17) is 10.8 Å². The Morgan fingerprint density at radius 3 is 2.55 bits per heavy atom. The minimum Gasteiger partial charge on any atom is -0.480 e. The highest BCUT2D eigenvalue weighted by Crippen LogP contribution is 2.13. The minimum atomic E-state index is -1.44. The van der Waals surface area contributed by atoms with Gasteiger partial charge in [0.2, 0.25) is 5.91 Å². The standard InChI is InChI=1S/C12H14FN3O4/c1-6-2-3-7(4-8(6)13)15-12(20)16-9(11(18)19)5-10(14)17/h2-4,9H,5H2,1H3,(H2,14,17)(H,18,19)(H2,15,16,20)/t9-/m1/s1. The molecule has 0 radical (unpaired) electrons. The predicted molar refractivity (Wildman–Crippen MR) is 68.5 cm³/mol. The molecule has 108 valence electrons. The van der Waals surface area contributed by atoms with Crippen LogP contribution in [-0.4, -0.2) is 29.1 Å². The number of primary amides is 1. The van der Waals surface area contributed by atoms with Crippen molar-refractivity contribution in [3.63, 3.8) is 0 Å². The molecule has 0 fully saturated rings. The van der Waals surface area contributed by atoms with E-state index >= 15 is 0 Å². The highest BCUT2D eigenvalue weighted by atomic mass is 19.1. The van der Waals surface area contributed by atoms with Crippen molar-refractivity contribution in [1.29, 1.82) is 0 Å². The molecule has 7 nitrogen and oxygen atoms in total. The molecular formula is C12H14FN3O4. The molecule has 5 N–H and O–H groups in total. The smallest absolute Gasteiger partial charge is 0.326 e. The van der Waals surface area contributed by atoms with Crippen LogP contribution in [0.4, 0.5) is 14.9 Å².